The van der Waals surface area contributed by atoms with Gasteiger partial charge < -0.3 is 21.5 Å². The third-order valence-corrected chi connectivity index (χ3v) is 2.32. The van der Waals surface area contributed by atoms with Gasteiger partial charge in [-0.15, -0.1) is 0 Å². The van der Waals surface area contributed by atoms with Crippen molar-refractivity contribution in [3.63, 3.8) is 0 Å². The van der Waals surface area contributed by atoms with Crippen molar-refractivity contribution in [1.82, 2.24) is 10.6 Å². The average Bonchev–Trinajstić information content (AvgIpc) is 2.59. The maximum absolute atomic E-state index is 11.4. The third kappa shape index (κ3) is 4.26. The molecule has 6 nitrogen and oxygen atoms in total. The molecule has 0 aromatic rings. The fourth-order valence-corrected chi connectivity index (χ4v) is 1.51. The summed E-state index contributed by atoms with van der Waals surface area (Å²) >= 11 is 0. The maximum Gasteiger partial charge on any atom is 0.237 e. The van der Waals surface area contributed by atoms with Crippen LogP contribution in [0.3, 0.4) is 0 Å². The maximum atomic E-state index is 11.4. The van der Waals surface area contributed by atoms with E-state index in [2.05, 4.69) is 10.6 Å². The van der Waals surface area contributed by atoms with Crippen LogP contribution in [0.15, 0.2) is 0 Å². The molecule has 6 heteroatoms. The number of nitrogens with one attached hydrogen (secondary N) is 2. The monoisotopic (exact) mass is 215 g/mol. The molecule has 1 fully saturated rings. The largest absolute Gasteiger partial charge is 0.392 e. The quantitative estimate of drug-likeness (QED) is 0.402. The van der Waals surface area contributed by atoms with Gasteiger partial charge in [0, 0.05) is 19.5 Å². The first-order valence-corrected chi connectivity index (χ1v) is 5.07. The molecule has 0 spiro atoms. The van der Waals surface area contributed by atoms with Gasteiger partial charge in [-0.05, 0) is 12.8 Å². The summed E-state index contributed by atoms with van der Waals surface area (Å²) in [4.78, 5) is 21.8. The lowest BCUT2D eigenvalue weighted by Crippen LogP contribution is -2.40. The van der Waals surface area contributed by atoms with E-state index < -0.39 is 6.10 Å². The molecule has 1 heterocycles. The minimum Gasteiger partial charge on any atom is -0.392 e. The summed E-state index contributed by atoms with van der Waals surface area (Å²) in [5.74, 6) is -0.491. The fraction of sp³-hybridized carbons (Fsp3) is 0.778. The normalized spacial score (nSPS) is 25.1. The molecule has 0 saturated carbocycles. The Kier molecular flexibility index (Phi) is 4.51. The van der Waals surface area contributed by atoms with Crippen LogP contribution in [0.5, 0.6) is 0 Å². The van der Waals surface area contributed by atoms with Crippen molar-refractivity contribution in [2.24, 2.45) is 5.73 Å². The summed E-state index contributed by atoms with van der Waals surface area (Å²) in [6.45, 7) is 0.898. The van der Waals surface area contributed by atoms with Crippen LogP contribution >= 0.6 is 0 Å². The standard InChI is InChI=1S/C9H17N3O3/c10-8(14)2-1-3-11-9(15)7-4-6(13)5-12-7/h6-7,12-13H,1-5H2,(H2,10,14)(H,11,15). The Morgan fingerprint density at radius 3 is 2.80 bits per heavy atom. The lowest BCUT2D eigenvalue weighted by atomic mass is 10.2. The molecule has 0 aromatic carbocycles. The second-order valence-corrected chi connectivity index (χ2v) is 3.71. The van der Waals surface area contributed by atoms with Crippen molar-refractivity contribution in [3.8, 4) is 0 Å². The van der Waals surface area contributed by atoms with E-state index in [-0.39, 0.29) is 24.3 Å². The van der Waals surface area contributed by atoms with Gasteiger partial charge in [-0.25, -0.2) is 0 Å². The topological polar surface area (TPSA) is 104 Å². The zero-order valence-electron chi connectivity index (χ0n) is 8.53. The van der Waals surface area contributed by atoms with Gasteiger partial charge in [-0.2, -0.15) is 0 Å². The second-order valence-electron chi connectivity index (χ2n) is 3.71. The molecule has 2 atom stereocenters. The van der Waals surface area contributed by atoms with Gasteiger partial charge in [0.05, 0.1) is 12.1 Å². The van der Waals surface area contributed by atoms with Crippen molar-refractivity contribution in [1.29, 1.82) is 0 Å². The number of rotatable bonds is 5. The molecule has 1 aliphatic heterocycles. The Hall–Kier alpha value is -1.14. The van der Waals surface area contributed by atoms with E-state index in [9.17, 15) is 14.7 Å². The van der Waals surface area contributed by atoms with E-state index >= 15 is 0 Å². The van der Waals surface area contributed by atoms with E-state index in [0.717, 1.165) is 0 Å². The Balaban J connectivity index is 2.11. The SMILES string of the molecule is NC(=O)CCCNC(=O)C1CC(O)CN1. The van der Waals surface area contributed by atoms with Gasteiger partial charge in [-0.3, -0.25) is 9.59 Å². The van der Waals surface area contributed by atoms with E-state index in [1.54, 1.807) is 0 Å². The van der Waals surface area contributed by atoms with Gasteiger partial charge in [0.25, 0.3) is 0 Å². The van der Waals surface area contributed by atoms with Crippen LogP contribution < -0.4 is 16.4 Å². The van der Waals surface area contributed by atoms with E-state index in [1.807, 2.05) is 0 Å². The van der Waals surface area contributed by atoms with Crippen molar-refractivity contribution in [2.75, 3.05) is 13.1 Å². The number of β-amino-alcohol motifs (C(OH)–C–C–N with tert-alkyl or cyclic N) is 1. The zero-order chi connectivity index (χ0) is 11.3. The van der Waals surface area contributed by atoms with Gasteiger partial charge in [0.15, 0.2) is 0 Å². The summed E-state index contributed by atoms with van der Waals surface area (Å²) in [6, 6.07) is -0.312. The predicted molar refractivity (Wildman–Crippen MR) is 53.9 cm³/mol. The summed E-state index contributed by atoms with van der Waals surface area (Å²) < 4.78 is 0. The molecule has 2 unspecified atom stereocenters. The molecule has 5 N–H and O–H groups in total. The van der Waals surface area contributed by atoms with E-state index in [0.29, 0.717) is 25.9 Å². The molecule has 0 aromatic heterocycles. The van der Waals surface area contributed by atoms with Crippen molar-refractivity contribution in [2.45, 2.75) is 31.4 Å². The Labute approximate surface area is 88.2 Å². The van der Waals surface area contributed by atoms with Crippen LogP contribution in [-0.4, -0.2) is 42.2 Å². The smallest absolute Gasteiger partial charge is 0.237 e. The predicted octanol–water partition coefficient (Wildman–Crippen LogP) is -1.91. The summed E-state index contributed by atoms with van der Waals surface area (Å²) in [5, 5.41) is 14.8. The minimum atomic E-state index is -0.439. The number of carbonyl (C=O) groups excluding carboxylic acids is 2. The number of aliphatic hydroxyl groups excluding tert-OH is 1. The molecule has 1 rings (SSSR count). The lowest BCUT2D eigenvalue weighted by Gasteiger charge is -2.10. The Morgan fingerprint density at radius 1 is 1.53 bits per heavy atom. The Morgan fingerprint density at radius 2 is 2.27 bits per heavy atom. The molecular formula is C9H17N3O3. The molecule has 0 bridgehead atoms. The van der Waals surface area contributed by atoms with Gasteiger partial charge in [-0.1, -0.05) is 0 Å². The molecular weight excluding hydrogens is 198 g/mol. The summed E-state index contributed by atoms with van der Waals surface area (Å²) in [6.07, 6.45) is 0.838. The number of hydrogen-bond donors (Lipinski definition) is 4. The lowest BCUT2D eigenvalue weighted by molar-refractivity contribution is -0.123. The summed E-state index contributed by atoms with van der Waals surface area (Å²) in [5.41, 5.74) is 4.95. The van der Waals surface area contributed by atoms with Crippen LogP contribution in [-0.2, 0) is 9.59 Å². The molecule has 2 amide bonds. The molecule has 1 aliphatic rings. The highest BCUT2D eigenvalue weighted by Crippen LogP contribution is 2.05. The first kappa shape index (κ1) is 11.9. The highest BCUT2D eigenvalue weighted by Gasteiger charge is 2.27. The number of nitrogens with two attached hydrogens (primary N) is 1. The number of primary amides is 1. The van der Waals surface area contributed by atoms with E-state index in [1.165, 1.54) is 0 Å². The molecule has 1 saturated heterocycles. The first-order valence-electron chi connectivity index (χ1n) is 5.07. The Bertz CT molecular complexity index is 245. The molecule has 0 radical (unpaired) electrons. The van der Waals surface area contributed by atoms with Crippen LogP contribution in [0.4, 0.5) is 0 Å². The highest BCUT2D eigenvalue weighted by atomic mass is 16.3. The number of carbonyl (C=O) groups is 2. The van der Waals surface area contributed by atoms with Crippen molar-refractivity contribution in [3.05, 3.63) is 0 Å². The van der Waals surface area contributed by atoms with Gasteiger partial charge in [0.2, 0.25) is 11.8 Å². The second kappa shape index (κ2) is 5.67. The van der Waals surface area contributed by atoms with Crippen LogP contribution in [0.1, 0.15) is 19.3 Å². The van der Waals surface area contributed by atoms with Crippen LogP contribution in [0, 0.1) is 0 Å². The van der Waals surface area contributed by atoms with E-state index in [4.69, 9.17) is 5.73 Å². The number of aliphatic hydroxyl groups is 1. The third-order valence-electron chi connectivity index (χ3n) is 2.32. The van der Waals surface area contributed by atoms with Crippen molar-refractivity contribution >= 4 is 11.8 Å². The number of hydrogen-bond acceptors (Lipinski definition) is 4. The van der Waals surface area contributed by atoms with Gasteiger partial charge in [0.1, 0.15) is 0 Å². The summed E-state index contributed by atoms with van der Waals surface area (Å²) in [7, 11) is 0. The van der Waals surface area contributed by atoms with Crippen molar-refractivity contribution < 1.29 is 14.7 Å². The van der Waals surface area contributed by atoms with Crippen LogP contribution in [0.25, 0.3) is 0 Å². The first-order chi connectivity index (χ1) is 7.09. The molecule has 0 aliphatic carbocycles. The average molecular weight is 215 g/mol. The minimum absolute atomic E-state index is 0.129. The fourth-order valence-electron chi connectivity index (χ4n) is 1.51. The van der Waals surface area contributed by atoms with Gasteiger partial charge >= 0.3 is 0 Å². The molecule has 15 heavy (non-hydrogen) atoms. The molecule has 86 valence electrons. The number of amides is 2. The highest BCUT2D eigenvalue weighted by molar-refractivity contribution is 5.82. The van der Waals surface area contributed by atoms with Crippen LogP contribution in [0.2, 0.25) is 0 Å². The zero-order valence-corrected chi connectivity index (χ0v) is 8.53.